The van der Waals surface area contributed by atoms with Crippen molar-refractivity contribution in [2.75, 3.05) is 30.6 Å². The number of nitrogens with one attached hydrogen (secondary N) is 1. The number of nitrogens with zero attached hydrogens (tertiary/aromatic N) is 2. The predicted molar refractivity (Wildman–Crippen MR) is 187 cm³/mol. The van der Waals surface area contributed by atoms with Gasteiger partial charge in [0.05, 0.1) is 10.6 Å². The molecule has 1 heterocycles. The Hall–Kier alpha value is -4.25. The molecule has 1 unspecified atom stereocenters. The molecule has 0 aliphatic carbocycles. The standard InChI is InChI=1S/C36H37Cl2N3O6S/c1-25(2)22-39-36(43)32(20-26-10-5-3-6-11-26)40(23-29-30(37)14-9-15-31(29)38)35(42)24-41(48(44,45)28-12-7-4-8-13-28)27-16-17-33-34(21-27)47-19-18-46-33/h3-17,21,25,32H,18-20,22-24H2,1-2H3,(H,39,43). The van der Waals surface area contributed by atoms with E-state index >= 15 is 0 Å². The van der Waals surface area contributed by atoms with Crippen molar-refractivity contribution < 1.29 is 27.5 Å². The normalized spacial score (nSPS) is 13.1. The summed E-state index contributed by atoms with van der Waals surface area (Å²) in [5.74, 6) is -0.0561. The zero-order valence-electron chi connectivity index (χ0n) is 26.6. The number of halogens is 2. The number of hydrogen-bond donors (Lipinski definition) is 1. The fourth-order valence-corrected chi connectivity index (χ4v) is 7.21. The fourth-order valence-electron chi connectivity index (χ4n) is 5.27. The highest BCUT2D eigenvalue weighted by Crippen LogP contribution is 2.36. The molecule has 1 atom stereocenters. The second-order valence-corrected chi connectivity index (χ2v) is 14.4. The number of sulfonamides is 1. The molecule has 4 aromatic rings. The lowest BCUT2D eigenvalue weighted by Crippen LogP contribution is -2.53. The van der Waals surface area contributed by atoms with Crippen LogP contribution < -0.4 is 19.1 Å². The van der Waals surface area contributed by atoms with Crippen molar-refractivity contribution in [3.8, 4) is 11.5 Å². The van der Waals surface area contributed by atoms with Gasteiger partial charge in [-0.2, -0.15) is 0 Å². The second-order valence-electron chi connectivity index (χ2n) is 11.7. The first-order valence-corrected chi connectivity index (χ1v) is 17.8. The van der Waals surface area contributed by atoms with E-state index in [-0.39, 0.29) is 35.4 Å². The van der Waals surface area contributed by atoms with Gasteiger partial charge >= 0.3 is 0 Å². The highest BCUT2D eigenvalue weighted by Gasteiger charge is 2.35. The van der Waals surface area contributed by atoms with Crippen LogP contribution in [0.3, 0.4) is 0 Å². The molecule has 1 N–H and O–H groups in total. The van der Waals surface area contributed by atoms with Gasteiger partial charge in [-0.05, 0) is 47.9 Å². The quantitative estimate of drug-likeness (QED) is 0.173. The first-order valence-electron chi connectivity index (χ1n) is 15.6. The van der Waals surface area contributed by atoms with E-state index in [2.05, 4.69) is 5.32 Å². The molecule has 4 aromatic carbocycles. The van der Waals surface area contributed by atoms with E-state index in [1.807, 2.05) is 44.2 Å². The van der Waals surface area contributed by atoms with Gasteiger partial charge in [0.1, 0.15) is 25.8 Å². The third kappa shape index (κ3) is 8.42. The predicted octanol–water partition coefficient (Wildman–Crippen LogP) is 6.37. The Morgan fingerprint density at radius 1 is 0.833 bits per heavy atom. The lowest BCUT2D eigenvalue weighted by atomic mass is 10.0. The van der Waals surface area contributed by atoms with Crippen LogP contribution >= 0.6 is 23.2 Å². The van der Waals surface area contributed by atoms with Crippen molar-refractivity contribution in [1.82, 2.24) is 10.2 Å². The van der Waals surface area contributed by atoms with Crippen LogP contribution in [0, 0.1) is 5.92 Å². The first kappa shape index (κ1) is 35.1. The minimum absolute atomic E-state index is 0.0103. The number of ether oxygens (including phenoxy) is 2. The molecular weight excluding hydrogens is 673 g/mol. The number of anilines is 1. The Kier molecular flexibility index (Phi) is 11.5. The topological polar surface area (TPSA) is 105 Å². The molecule has 1 aliphatic rings. The van der Waals surface area contributed by atoms with Gasteiger partial charge in [0.2, 0.25) is 11.8 Å². The summed E-state index contributed by atoms with van der Waals surface area (Å²) in [6.45, 7) is 4.19. The van der Waals surface area contributed by atoms with Crippen molar-refractivity contribution in [3.05, 3.63) is 118 Å². The molecule has 2 amide bonds. The van der Waals surface area contributed by atoms with Gasteiger partial charge in [-0.15, -0.1) is 0 Å². The van der Waals surface area contributed by atoms with E-state index in [1.54, 1.807) is 48.5 Å². The van der Waals surface area contributed by atoms with Gasteiger partial charge in [-0.1, -0.05) is 91.6 Å². The van der Waals surface area contributed by atoms with Crippen LogP contribution in [0.15, 0.2) is 102 Å². The molecule has 12 heteroatoms. The third-order valence-corrected chi connectivity index (χ3v) is 10.3. The van der Waals surface area contributed by atoms with E-state index in [1.165, 1.54) is 23.1 Å². The largest absolute Gasteiger partial charge is 0.486 e. The van der Waals surface area contributed by atoms with Crippen LogP contribution in [0.5, 0.6) is 11.5 Å². The molecule has 0 fully saturated rings. The highest BCUT2D eigenvalue weighted by atomic mass is 35.5. The van der Waals surface area contributed by atoms with Crippen molar-refractivity contribution in [2.24, 2.45) is 5.92 Å². The van der Waals surface area contributed by atoms with Crippen LogP contribution in [-0.4, -0.2) is 57.5 Å². The van der Waals surface area contributed by atoms with E-state index in [0.29, 0.717) is 46.9 Å². The molecule has 1 aliphatic heterocycles. The van der Waals surface area contributed by atoms with E-state index in [4.69, 9.17) is 32.7 Å². The third-order valence-electron chi connectivity index (χ3n) is 7.77. The maximum atomic E-state index is 14.7. The SMILES string of the molecule is CC(C)CNC(=O)C(Cc1ccccc1)N(Cc1c(Cl)cccc1Cl)C(=O)CN(c1ccc2c(c1)OCCO2)S(=O)(=O)c1ccccc1. The number of carbonyl (C=O) groups is 2. The van der Waals surface area contributed by atoms with Crippen LogP contribution in [0.25, 0.3) is 0 Å². The summed E-state index contributed by atoms with van der Waals surface area (Å²) in [5, 5.41) is 3.58. The molecular formula is C36H37Cl2N3O6S. The van der Waals surface area contributed by atoms with Crippen molar-refractivity contribution in [3.63, 3.8) is 0 Å². The molecule has 0 radical (unpaired) electrons. The van der Waals surface area contributed by atoms with Crippen LogP contribution in [0.2, 0.25) is 10.0 Å². The lowest BCUT2D eigenvalue weighted by molar-refractivity contribution is -0.140. The molecule has 0 saturated heterocycles. The molecule has 9 nitrogen and oxygen atoms in total. The summed E-state index contributed by atoms with van der Waals surface area (Å²) in [5.41, 5.74) is 1.43. The van der Waals surface area contributed by atoms with E-state index in [0.717, 1.165) is 9.87 Å². The molecule has 0 spiro atoms. The fraction of sp³-hybridized carbons (Fsp3) is 0.278. The molecule has 0 aromatic heterocycles. The second kappa shape index (κ2) is 15.8. The van der Waals surface area contributed by atoms with Gasteiger partial charge in [0.15, 0.2) is 11.5 Å². The number of rotatable bonds is 13. The maximum absolute atomic E-state index is 14.7. The van der Waals surface area contributed by atoms with E-state index < -0.39 is 28.5 Å². The minimum Gasteiger partial charge on any atom is -0.486 e. The van der Waals surface area contributed by atoms with Crippen LogP contribution in [0.1, 0.15) is 25.0 Å². The summed E-state index contributed by atoms with van der Waals surface area (Å²) in [6, 6.07) is 25.8. The molecule has 0 bridgehead atoms. The zero-order chi connectivity index (χ0) is 34.3. The maximum Gasteiger partial charge on any atom is 0.264 e. The number of fused-ring (bicyclic) bond motifs is 1. The summed E-state index contributed by atoms with van der Waals surface area (Å²) in [4.78, 5) is 30.0. The van der Waals surface area contributed by atoms with Gasteiger partial charge in [0.25, 0.3) is 10.0 Å². The van der Waals surface area contributed by atoms with Gasteiger partial charge in [-0.25, -0.2) is 8.42 Å². The Morgan fingerprint density at radius 2 is 1.46 bits per heavy atom. The summed E-state index contributed by atoms with van der Waals surface area (Å²) in [7, 11) is -4.29. The summed E-state index contributed by atoms with van der Waals surface area (Å²) >= 11 is 13.2. The van der Waals surface area contributed by atoms with Gasteiger partial charge < -0.3 is 19.7 Å². The molecule has 5 rings (SSSR count). The smallest absolute Gasteiger partial charge is 0.264 e. The van der Waals surface area contributed by atoms with Gasteiger partial charge in [0, 0.05) is 41.2 Å². The molecule has 252 valence electrons. The Labute approximate surface area is 291 Å². The number of benzene rings is 4. The monoisotopic (exact) mass is 709 g/mol. The number of carbonyl (C=O) groups excluding carboxylic acids is 2. The first-order chi connectivity index (χ1) is 23.0. The molecule has 48 heavy (non-hydrogen) atoms. The average molecular weight is 711 g/mol. The van der Waals surface area contributed by atoms with Crippen molar-refractivity contribution in [1.29, 1.82) is 0 Å². The highest BCUT2D eigenvalue weighted by molar-refractivity contribution is 7.92. The lowest BCUT2D eigenvalue weighted by Gasteiger charge is -2.34. The van der Waals surface area contributed by atoms with Crippen molar-refractivity contribution >= 4 is 50.7 Å². The minimum atomic E-state index is -4.29. The Morgan fingerprint density at radius 3 is 2.10 bits per heavy atom. The number of amides is 2. The Bertz CT molecular complexity index is 1820. The van der Waals surface area contributed by atoms with Crippen LogP contribution in [0.4, 0.5) is 5.69 Å². The van der Waals surface area contributed by atoms with Crippen molar-refractivity contribution in [2.45, 2.75) is 37.8 Å². The zero-order valence-corrected chi connectivity index (χ0v) is 29.0. The Balaban J connectivity index is 1.60. The number of hydrogen-bond acceptors (Lipinski definition) is 6. The summed E-state index contributed by atoms with van der Waals surface area (Å²) < 4.78 is 40.9. The van der Waals surface area contributed by atoms with E-state index in [9.17, 15) is 18.0 Å². The van der Waals surface area contributed by atoms with Gasteiger partial charge in [-0.3, -0.25) is 13.9 Å². The van der Waals surface area contributed by atoms with Crippen LogP contribution in [-0.2, 0) is 32.6 Å². The average Bonchev–Trinajstić information content (AvgIpc) is 3.09. The molecule has 0 saturated carbocycles. The summed E-state index contributed by atoms with van der Waals surface area (Å²) in [6.07, 6.45) is 0.161.